The number of anilines is 1. The van der Waals surface area contributed by atoms with E-state index in [1.54, 1.807) is 12.1 Å². The highest BCUT2D eigenvalue weighted by Crippen LogP contribution is 2.21. The zero-order valence-corrected chi connectivity index (χ0v) is 17.0. The second-order valence-electron chi connectivity index (χ2n) is 6.80. The summed E-state index contributed by atoms with van der Waals surface area (Å²) in [7, 11) is -3.82. The largest absolute Gasteiger partial charge is 0.279 e. The van der Waals surface area contributed by atoms with Gasteiger partial charge in [-0.05, 0) is 56.5 Å². The van der Waals surface area contributed by atoms with E-state index in [0.29, 0.717) is 5.69 Å². The molecule has 0 heterocycles. The minimum atomic E-state index is -3.82. The zero-order valence-electron chi connectivity index (χ0n) is 16.2. The maximum Gasteiger partial charge on any atom is 0.271 e. The number of amides is 1. The van der Waals surface area contributed by atoms with Crippen LogP contribution in [0.2, 0.25) is 0 Å². The number of hydrogen-bond donors (Lipinski definition) is 2. The highest BCUT2D eigenvalue weighted by molar-refractivity contribution is 7.92. The van der Waals surface area contributed by atoms with Crippen molar-refractivity contribution in [1.82, 2.24) is 5.43 Å². The number of nitrogens with zero attached hydrogens (tertiary/aromatic N) is 1. The topological polar surface area (TPSA) is 87.6 Å². The number of hydrazone groups is 1. The lowest BCUT2D eigenvalue weighted by atomic mass is 10.1. The summed E-state index contributed by atoms with van der Waals surface area (Å²) >= 11 is 0. The lowest BCUT2D eigenvalue weighted by molar-refractivity contribution is 0.0954. The molecule has 2 N–H and O–H groups in total. The number of nitrogens with one attached hydrogen (secondary N) is 2. The van der Waals surface area contributed by atoms with E-state index in [-0.39, 0.29) is 16.4 Å². The Morgan fingerprint density at radius 1 is 1.07 bits per heavy atom. The average molecular weight is 388 g/mol. The first kappa shape index (κ1) is 20.6. The van der Waals surface area contributed by atoms with Crippen molar-refractivity contribution in [3.63, 3.8) is 0 Å². The summed E-state index contributed by atoms with van der Waals surface area (Å²) in [5, 5.41) is 4.03. The molecule has 144 valence electrons. The first-order valence-corrected chi connectivity index (χ1v) is 10.1. The molecule has 0 spiro atoms. The van der Waals surface area contributed by atoms with Crippen LogP contribution in [0.25, 0.3) is 0 Å². The van der Waals surface area contributed by atoms with Crippen molar-refractivity contribution in [2.75, 3.05) is 4.72 Å². The van der Waals surface area contributed by atoms with Gasteiger partial charge < -0.3 is 0 Å². The Hall–Kier alpha value is -2.67. The summed E-state index contributed by atoms with van der Waals surface area (Å²) in [5.41, 5.74) is 5.84. The van der Waals surface area contributed by atoms with Crippen molar-refractivity contribution in [3.8, 4) is 0 Å². The fourth-order valence-corrected chi connectivity index (χ4v) is 3.45. The lowest BCUT2D eigenvalue weighted by Crippen LogP contribution is -2.21. The monoisotopic (exact) mass is 387 g/mol. The fourth-order valence-electron chi connectivity index (χ4n) is 2.27. The number of aryl methyl sites for hydroxylation is 2. The predicted molar refractivity (Wildman–Crippen MR) is 109 cm³/mol. The van der Waals surface area contributed by atoms with Crippen LogP contribution in [0.3, 0.4) is 0 Å². The lowest BCUT2D eigenvalue weighted by Gasteiger charge is -2.12. The number of hydrogen-bond acceptors (Lipinski definition) is 4. The Bertz CT molecular complexity index is 980. The summed E-state index contributed by atoms with van der Waals surface area (Å²) in [6.45, 7) is 9.54. The maximum atomic E-state index is 12.7. The number of carbonyl (C=O) groups is 1. The molecule has 6 nitrogen and oxygen atoms in total. The van der Waals surface area contributed by atoms with Crippen molar-refractivity contribution >= 4 is 27.3 Å². The Labute approximate surface area is 160 Å². The summed E-state index contributed by atoms with van der Waals surface area (Å²) in [4.78, 5) is 12.3. The molecule has 0 unspecified atom stereocenters. The van der Waals surface area contributed by atoms with Gasteiger partial charge in [-0.3, -0.25) is 9.52 Å². The second kappa shape index (κ2) is 8.35. The molecule has 1 amide bonds. The molecule has 7 heteroatoms. The first-order valence-electron chi connectivity index (χ1n) is 8.65. The minimum absolute atomic E-state index is 0.0136. The van der Waals surface area contributed by atoms with Gasteiger partial charge in [-0.25, -0.2) is 13.8 Å². The van der Waals surface area contributed by atoms with Crippen molar-refractivity contribution in [2.24, 2.45) is 11.0 Å². The smallest absolute Gasteiger partial charge is 0.271 e. The molecular weight excluding hydrogens is 362 g/mol. The Morgan fingerprint density at radius 3 is 2.41 bits per heavy atom. The van der Waals surface area contributed by atoms with Gasteiger partial charge in [0, 0.05) is 11.3 Å². The maximum absolute atomic E-state index is 12.7. The van der Waals surface area contributed by atoms with E-state index in [1.165, 1.54) is 18.2 Å². The van der Waals surface area contributed by atoms with Gasteiger partial charge >= 0.3 is 0 Å². The van der Waals surface area contributed by atoms with E-state index >= 15 is 0 Å². The van der Waals surface area contributed by atoms with E-state index in [4.69, 9.17) is 0 Å². The van der Waals surface area contributed by atoms with Crippen molar-refractivity contribution in [3.05, 3.63) is 59.2 Å². The number of sulfonamides is 1. The fraction of sp³-hybridized carbons (Fsp3) is 0.300. The molecule has 0 bridgehead atoms. The molecule has 2 aromatic carbocycles. The van der Waals surface area contributed by atoms with E-state index in [0.717, 1.165) is 16.8 Å². The molecule has 0 aromatic heterocycles. The van der Waals surface area contributed by atoms with Gasteiger partial charge in [-0.2, -0.15) is 5.10 Å². The normalized spacial score (nSPS) is 12.1. The number of carbonyl (C=O) groups excluding carboxylic acids is 1. The molecule has 0 radical (unpaired) electrons. The SMILES string of the molecule is CC(=NNC(=O)c1cccc(S(=O)(=O)Nc2ccc(C)cc2C)c1)C(C)C. The standard InChI is InChI=1S/C20H25N3O3S/c1-13(2)16(5)21-22-20(24)17-7-6-8-18(12-17)27(25,26)23-19-10-9-14(3)11-15(19)4/h6-13,23H,1-5H3,(H,22,24). The van der Waals surface area contributed by atoms with Crippen LogP contribution in [-0.2, 0) is 10.0 Å². The quantitative estimate of drug-likeness (QED) is 0.583. The van der Waals surface area contributed by atoms with Crippen LogP contribution in [0.4, 0.5) is 5.69 Å². The van der Waals surface area contributed by atoms with Gasteiger partial charge in [0.2, 0.25) is 0 Å². The molecule has 0 aliphatic carbocycles. The molecule has 27 heavy (non-hydrogen) atoms. The summed E-state index contributed by atoms with van der Waals surface area (Å²) in [6, 6.07) is 11.3. The van der Waals surface area contributed by atoms with Crippen LogP contribution < -0.4 is 10.1 Å². The molecule has 0 atom stereocenters. The summed E-state index contributed by atoms with van der Waals surface area (Å²) < 4.78 is 28.0. The van der Waals surface area contributed by atoms with Gasteiger partial charge in [0.1, 0.15) is 0 Å². The Kier molecular flexibility index (Phi) is 6.38. The van der Waals surface area contributed by atoms with Gasteiger partial charge in [-0.1, -0.05) is 37.6 Å². The highest BCUT2D eigenvalue weighted by Gasteiger charge is 2.17. The highest BCUT2D eigenvalue weighted by atomic mass is 32.2. The van der Waals surface area contributed by atoms with Gasteiger partial charge in [0.15, 0.2) is 0 Å². The molecule has 0 aliphatic heterocycles. The molecular formula is C20H25N3O3S. The molecule has 0 aliphatic rings. The van der Waals surface area contributed by atoms with Crippen LogP contribution in [0.5, 0.6) is 0 Å². The van der Waals surface area contributed by atoms with E-state index in [2.05, 4.69) is 15.2 Å². The van der Waals surface area contributed by atoms with Crippen molar-refractivity contribution in [2.45, 2.75) is 39.5 Å². The van der Waals surface area contributed by atoms with Crippen LogP contribution >= 0.6 is 0 Å². The van der Waals surface area contributed by atoms with E-state index in [1.807, 2.05) is 46.8 Å². The summed E-state index contributed by atoms with van der Waals surface area (Å²) in [5.74, 6) is -0.252. The predicted octanol–water partition coefficient (Wildman–Crippen LogP) is 3.87. The van der Waals surface area contributed by atoms with Crippen LogP contribution in [0.1, 0.15) is 42.3 Å². The van der Waals surface area contributed by atoms with Gasteiger partial charge in [0.25, 0.3) is 15.9 Å². The first-order chi connectivity index (χ1) is 12.6. The minimum Gasteiger partial charge on any atom is -0.279 e. The molecule has 0 fully saturated rings. The third-order valence-corrected chi connectivity index (χ3v) is 5.57. The average Bonchev–Trinajstić information content (AvgIpc) is 2.61. The molecule has 0 saturated heterocycles. The van der Waals surface area contributed by atoms with Crippen molar-refractivity contribution < 1.29 is 13.2 Å². The van der Waals surface area contributed by atoms with Crippen LogP contribution in [0.15, 0.2) is 52.5 Å². The Balaban J connectivity index is 2.25. The van der Waals surface area contributed by atoms with Crippen LogP contribution in [0, 0.1) is 19.8 Å². The van der Waals surface area contributed by atoms with Gasteiger partial charge in [-0.15, -0.1) is 0 Å². The summed E-state index contributed by atoms with van der Waals surface area (Å²) in [6.07, 6.45) is 0. The molecule has 2 rings (SSSR count). The second-order valence-corrected chi connectivity index (χ2v) is 8.48. The van der Waals surface area contributed by atoms with E-state index in [9.17, 15) is 13.2 Å². The third-order valence-electron chi connectivity index (χ3n) is 4.20. The van der Waals surface area contributed by atoms with Crippen LogP contribution in [-0.4, -0.2) is 20.0 Å². The van der Waals surface area contributed by atoms with Gasteiger partial charge in [0.05, 0.1) is 10.6 Å². The number of rotatable bonds is 6. The Morgan fingerprint density at radius 2 is 1.78 bits per heavy atom. The third kappa shape index (κ3) is 5.40. The van der Waals surface area contributed by atoms with E-state index < -0.39 is 15.9 Å². The molecule has 2 aromatic rings. The number of benzene rings is 2. The molecule has 0 saturated carbocycles. The van der Waals surface area contributed by atoms with Crippen molar-refractivity contribution in [1.29, 1.82) is 0 Å². The zero-order chi connectivity index (χ0) is 20.2.